The van der Waals surface area contributed by atoms with E-state index >= 15 is 0 Å². The normalized spacial score (nSPS) is 14.9. The Hall–Kier alpha value is -2.94. The van der Waals surface area contributed by atoms with E-state index in [1.165, 1.54) is 22.4 Å². The molecular weight excluding hydrogens is 404 g/mol. The van der Waals surface area contributed by atoms with Crippen molar-refractivity contribution < 1.29 is 9.53 Å². The summed E-state index contributed by atoms with van der Waals surface area (Å²) in [4.78, 5) is 44.0. The lowest BCUT2D eigenvalue weighted by atomic mass is 10.1. The molecule has 2 aromatic heterocycles. The van der Waals surface area contributed by atoms with Gasteiger partial charge >= 0.3 is 5.69 Å². The van der Waals surface area contributed by atoms with Crippen molar-refractivity contribution in [1.82, 2.24) is 19.4 Å². The first-order valence-electron chi connectivity index (χ1n) is 10.0. The van der Waals surface area contributed by atoms with E-state index in [4.69, 9.17) is 4.74 Å². The summed E-state index contributed by atoms with van der Waals surface area (Å²) < 4.78 is 8.63. The van der Waals surface area contributed by atoms with Crippen molar-refractivity contribution in [2.24, 2.45) is 0 Å². The number of carbonyl (C=O) groups excluding carboxylic acids is 1. The smallest absolute Gasteiger partial charge is 0.328 e. The molecule has 1 aliphatic rings. The number of carbonyl (C=O) groups is 1. The molecule has 30 heavy (non-hydrogen) atoms. The Kier molecular flexibility index (Phi) is 5.72. The molecule has 1 N–H and O–H groups in total. The summed E-state index contributed by atoms with van der Waals surface area (Å²) in [6.07, 6.45) is 3.16. The second kappa shape index (κ2) is 8.43. The summed E-state index contributed by atoms with van der Waals surface area (Å²) in [7, 11) is 0. The number of amides is 1. The molecule has 1 saturated heterocycles. The number of hydrogen-bond donors (Lipinski definition) is 1. The molecule has 3 heterocycles. The number of likely N-dealkylation sites (tertiary alicyclic amines) is 1. The topological polar surface area (TPSA) is 97.3 Å². The number of nitrogens with one attached hydrogen (secondary N) is 1. The lowest BCUT2D eigenvalue weighted by molar-refractivity contribution is -0.133. The maximum Gasteiger partial charge on any atom is 0.328 e. The Bertz CT molecular complexity index is 1150. The van der Waals surface area contributed by atoms with Crippen LogP contribution in [0.2, 0.25) is 0 Å². The van der Waals surface area contributed by atoms with E-state index < -0.39 is 11.2 Å². The molecule has 1 amide bonds. The molecule has 0 saturated carbocycles. The largest absolute Gasteiger partial charge is 0.467 e. The average Bonchev–Trinajstić information content (AvgIpc) is 3.15. The molecule has 9 heteroatoms. The zero-order valence-electron chi connectivity index (χ0n) is 17.0. The number of benzene rings is 1. The maximum atomic E-state index is 12.5. The zero-order chi connectivity index (χ0) is 21.3. The van der Waals surface area contributed by atoms with Gasteiger partial charge in [0.15, 0.2) is 0 Å². The van der Waals surface area contributed by atoms with E-state index in [0.29, 0.717) is 18.3 Å². The van der Waals surface area contributed by atoms with Gasteiger partial charge < -0.3 is 14.2 Å². The van der Waals surface area contributed by atoms with Crippen LogP contribution in [0.25, 0.3) is 10.2 Å². The van der Waals surface area contributed by atoms with Gasteiger partial charge in [-0.2, -0.15) is 0 Å². The fraction of sp³-hybridized carbons (Fsp3) is 0.429. The van der Waals surface area contributed by atoms with E-state index in [-0.39, 0.29) is 25.0 Å². The summed E-state index contributed by atoms with van der Waals surface area (Å²) in [6, 6.07) is 5.46. The van der Waals surface area contributed by atoms with Crippen molar-refractivity contribution in [3.63, 3.8) is 0 Å². The monoisotopic (exact) mass is 428 g/mol. The first kappa shape index (κ1) is 20.3. The van der Waals surface area contributed by atoms with Crippen LogP contribution in [0.15, 0.2) is 34.0 Å². The Morgan fingerprint density at radius 3 is 2.63 bits per heavy atom. The number of fused-ring (bicyclic) bond motifs is 1. The minimum atomic E-state index is -0.497. The first-order chi connectivity index (χ1) is 14.4. The highest BCUT2D eigenvalue weighted by Crippen LogP contribution is 2.33. The number of thiazole rings is 1. The van der Waals surface area contributed by atoms with Gasteiger partial charge in [0, 0.05) is 51.2 Å². The third kappa shape index (κ3) is 4.30. The Morgan fingerprint density at radius 2 is 1.93 bits per heavy atom. The summed E-state index contributed by atoms with van der Waals surface area (Å²) in [5.74, 6) is -0.00205. The van der Waals surface area contributed by atoms with Crippen molar-refractivity contribution in [1.29, 1.82) is 0 Å². The zero-order valence-corrected chi connectivity index (χ0v) is 17.8. The van der Waals surface area contributed by atoms with Crippen molar-refractivity contribution in [3.05, 3.63) is 56.4 Å². The molecule has 1 aromatic carbocycles. The molecule has 0 spiro atoms. The van der Waals surface area contributed by atoms with Gasteiger partial charge in [-0.3, -0.25) is 14.6 Å². The van der Waals surface area contributed by atoms with Crippen LogP contribution in [0, 0.1) is 13.8 Å². The molecule has 0 bridgehead atoms. The van der Waals surface area contributed by atoms with Crippen molar-refractivity contribution >= 4 is 27.5 Å². The minimum absolute atomic E-state index is 0.00205. The summed E-state index contributed by atoms with van der Waals surface area (Å²) in [6.45, 7) is 5.61. The molecule has 1 fully saturated rings. The van der Waals surface area contributed by atoms with Gasteiger partial charge in [0.1, 0.15) is 6.10 Å². The quantitative estimate of drug-likeness (QED) is 0.672. The fourth-order valence-electron chi connectivity index (χ4n) is 3.65. The van der Waals surface area contributed by atoms with Gasteiger partial charge in [-0.1, -0.05) is 23.5 Å². The third-order valence-corrected chi connectivity index (χ3v) is 6.53. The summed E-state index contributed by atoms with van der Waals surface area (Å²) >= 11 is 1.58. The molecule has 0 unspecified atom stereocenters. The lowest BCUT2D eigenvalue weighted by Gasteiger charge is -2.31. The molecule has 0 atom stereocenters. The summed E-state index contributed by atoms with van der Waals surface area (Å²) in [5.41, 5.74) is 2.40. The SMILES string of the molecule is Cc1ccc(C)c2sc(OC3CCN(C(=O)CCn4ccc(=O)[nH]c4=O)CC3)nc12. The van der Waals surface area contributed by atoms with Gasteiger partial charge in [0.25, 0.3) is 10.8 Å². The van der Waals surface area contributed by atoms with E-state index in [2.05, 4.69) is 35.9 Å². The van der Waals surface area contributed by atoms with E-state index in [9.17, 15) is 14.4 Å². The number of H-pyrrole nitrogens is 1. The summed E-state index contributed by atoms with van der Waals surface area (Å²) in [5, 5.41) is 0.685. The van der Waals surface area contributed by atoms with Crippen LogP contribution < -0.4 is 16.0 Å². The number of rotatable bonds is 5. The molecule has 158 valence electrons. The molecule has 0 aliphatic carbocycles. The minimum Gasteiger partial charge on any atom is -0.467 e. The number of aryl methyl sites for hydroxylation is 3. The average molecular weight is 429 g/mol. The van der Waals surface area contributed by atoms with Crippen molar-refractivity contribution in [3.8, 4) is 5.19 Å². The molecular formula is C21H24N4O4S. The number of aromatic nitrogens is 3. The third-order valence-electron chi connectivity index (χ3n) is 5.45. The van der Waals surface area contributed by atoms with Crippen LogP contribution >= 0.6 is 11.3 Å². The molecule has 1 aliphatic heterocycles. The fourth-order valence-corrected chi connectivity index (χ4v) is 4.68. The second-order valence-corrected chi connectivity index (χ2v) is 8.57. The number of aromatic amines is 1. The number of ether oxygens (including phenoxy) is 1. The van der Waals surface area contributed by atoms with Gasteiger partial charge in [0.2, 0.25) is 5.91 Å². The highest BCUT2D eigenvalue weighted by Gasteiger charge is 2.25. The van der Waals surface area contributed by atoms with E-state index in [1.807, 2.05) is 4.90 Å². The van der Waals surface area contributed by atoms with Gasteiger partial charge in [-0.15, -0.1) is 0 Å². The molecule has 8 nitrogen and oxygen atoms in total. The van der Waals surface area contributed by atoms with Crippen LogP contribution in [0.1, 0.15) is 30.4 Å². The van der Waals surface area contributed by atoms with E-state index in [0.717, 1.165) is 28.6 Å². The molecule has 4 rings (SSSR count). The van der Waals surface area contributed by atoms with Gasteiger partial charge in [0.05, 0.1) is 10.2 Å². The second-order valence-electron chi connectivity index (χ2n) is 7.61. The van der Waals surface area contributed by atoms with Gasteiger partial charge in [-0.25, -0.2) is 9.78 Å². The van der Waals surface area contributed by atoms with Crippen molar-refractivity contribution in [2.75, 3.05) is 13.1 Å². The van der Waals surface area contributed by atoms with Crippen molar-refractivity contribution in [2.45, 2.75) is 45.8 Å². The first-order valence-corrected chi connectivity index (χ1v) is 10.8. The Morgan fingerprint density at radius 1 is 1.20 bits per heavy atom. The van der Waals surface area contributed by atoms with E-state index in [1.54, 1.807) is 11.3 Å². The Labute approximate surface area is 177 Å². The Balaban J connectivity index is 1.31. The highest BCUT2D eigenvalue weighted by molar-refractivity contribution is 7.20. The number of piperidine rings is 1. The van der Waals surface area contributed by atoms with Crippen LogP contribution in [0.4, 0.5) is 0 Å². The molecule has 0 radical (unpaired) electrons. The van der Waals surface area contributed by atoms with Crippen LogP contribution in [-0.4, -0.2) is 44.5 Å². The number of hydrogen-bond acceptors (Lipinski definition) is 6. The standard InChI is InChI=1S/C21H24N4O4S/c1-13-3-4-14(2)19-18(13)23-21(30-19)29-15-5-9-24(10-6-15)17(27)8-12-25-11-7-16(26)22-20(25)28/h3-4,7,11,15H,5-6,8-10,12H2,1-2H3,(H,22,26,28). The number of nitrogens with zero attached hydrogens (tertiary/aromatic N) is 3. The molecule has 3 aromatic rings. The van der Waals surface area contributed by atoms with Gasteiger partial charge in [-0.05, 0) is 25.0 Å². The maximum absolute atomic E-state index is 12.5. The predicted molar refractivity (Wildman–Crippen MR) is 115 cm³/mol. The van der Waals surface area contributed by atoms with Crippen LogP contribution in [-0.2, 0) is 11.3 Å². The van der Waals surface area contributed by atoms with Crippen LogP contribution in [0.5, 0.6) is 5.19 Å². The predicted octanol–water partition coefficient (Wildman–Crippen LogP) is 2.22. The highest BCUT2D eigenvalue weighted by atomic mass is 32.1. The lowest BCUT2D eigenvalue weighted by Crippen LogP contribution is -2.42. The van der Waals surface area contributed by atoms with Crippen LogP contribution in [0.3, 0.4) is 0 Å².